The Morgan fingerprint density at radius 1 is 1.53 bits per heavy atom. The molecule has 2 N–H and O–H groups in total. The fraction of sp³-hybridized carbons (Fsp3) is 0.417. The van der Waals surface area contributed by atoms with E-state index in [1.54, 1.807) is 0 Å². The number of rotatable bonds is 2. The molecule has 7 heteroatoms. The number of piperidine rings is 1. The van der Waals surface area contributed by atoms with Crippen LogP contribution in [0.25, 0.3) is 0 Å². The number of nitrogens with zero attached hydrogens (tertiary/aromatic N) is 2. The summed E-state index contributed by atoms with van der Waals surface area (Å²) in [5, 5.41) is 11.1. The molecular formula is C12H14ClN3O3. The van der Waals surface area contributed by atoms with Gasteiger partial charge in [0.2, 0.25) is 0 Å². The number of hydrogen-bond donors (Lipinski definition) is 1. The number of nitro benzene ring substituents is 1. The Balaban J connectivity index is 2.35. The molecule has 1 unspecified atom stereocenters. The van der Waals surface area contributed by atoms with Crippen LogP contribution in [-0.2, 0) is 0 Å². The molecule has 1 atom stereocenters. The highest BCUT2D eigenvalue weighted by atomic mass is 35.5. The third-order valence-corrected chi connectivity index (χ3v) is 3.46. The molecule has 0 aromatic heterocycles. The Hall–Kier alpha value is -1.66. The van der Waals surface area contributed by atoms with Crippen LogP contribution in [0.15, 0.2) is 18.2 Å². The predicted molar refractivity (Wildman–Crippen MR) is 71.2 cm³/mol. The molecule has 19 heavy (non-hydrogen) atoms. The van der Waals surface area contributed by atoms with Gasteiger partial charge in [0.1, 0.15) is 5.56 Å². The summed E-state index contributed by atoms with van der Waals surface area (Å²) in [6, 6.07) is 4.13. The summed E-state index contributed by atoms with van der Waals surface area (Å²) in [5.74, 6) is -0.424. The lowest BCUT2D eigenvalue weighted by Gasteiger charge is -2.30. The SMILES string of the molecule is NC1CCCN(C(=O)c2c(Cl)cccc2[N+](=O)[O-])C1. The van der Waals surface area contributed by atoms with Crippen molar-refractivity contribution in [3.8, 4) is 0 Å². The molecule has 1 fully saturated rings. The van der Waals surface area contributed by atoms with Crippen LogP contribution in [-0.4, -0.2) is 34.9 Å². The summed E-state index contributed by atoms with van der Waals surface area (Å²) < 4.78 is 0. The number of hydrogen-bond acceptors (Lipinski definition) is 4. The summed E-state index contributed by atoms with van der Waals surface area (Å²) in [4.78, 5) is 24.3. The van der Waals surface area contributed by atoms with Crippen LogP contribution in [0, 0.1) is 10.1 Å². The molecule has 2 rings (SSSR count). The topological polar surface area (TPSA) is 89.5 Å². The lowest BCUT2D eigenvalue weighted by Crippen LogP contribution is -2.45. The Morgan fingerprint density at radius 3 is 2.89 bits per heavy atom. The first-order chi connectivity index (χ1) is 9.00. The zero-order valence-electron chi connectivity index (χ0n) is 10.2. The van der Waals surface area contributed by atoms with Crippen molar-refractivity contribution in [2.45, 2.75) is 18.9 Å². The third-order valence-electron chi connectivity index (χ3n) is 3.15. The minimum absolute atomic E-state index is 0.0525. The standard InChI is InChI=1S/C12H14ClN3O3/c13-9-4-1-5-10(16(18)19)11(9)12(17)15-6-2-3-8(14)7-15/h1,4-5,8H,2-3,6-7,14H2. The van der Waals surface area contributed by atoms with Gasteiger partial charge < -0.3 is 10.6 Å². The van der Waals surface area contributed by atoms with Crippen molar-refractivity contribution in [2.24, 2.45) is 5.73 Å². The van der Waals surface area contributed by atoms with Crippen molar-refractivity contribution in [1.82, 2.24) is 4.90 Å². The highest BCUT2D eigenvalue weighted by Crippen LogP contribution is 2.28. The fourth-order valence-corrected chi connectivity index (χ4v) is 2.48. The van der Waals surface area contributed by atoms with E-state index >= 15 is 0 Å². The van der Waals surface area contributed by atoms with Crippen molar-refractivity contribution in [1.29, 1.82) is 0 Å². The average Bonchev–Trinajstić information content (AvgIpc) is 2.37. The summed E-state index contributed by atoms with van der Waals surface area (Å²) in [6.07, 6.45) is 1.65. The van der Waals surface area contributed by atoms with Crippen LogP contribution in [0.3, 0.4) is 0 Å². The first-order valence-electron chi connectivity index (χ1n) is 5.98. The highest BCUT2D eigenvalue weighted by molar-refractivity contribution is 6.34. The fourth-order valence-electron chi connectivity index (χ4n) is 2.23. The van der Waals surface area contributed by atoms with E-state index in [1.165, 1.54) is 23.1 Å². The van der Waals surface area contributed by atoms with Gasteiger partial charge in [-0.05, 0) is 18.9 Å². The maximum atomic E-state index is 12.4. The van der Waals surface area contributed by atoms with Crippen LogP contribution in [0.5, 0.6) is 0 Å². The Bertz CT molecular complexity index is 521. The lowest BCUT2D eigenvalue weighted by atomic mass is 10.0. The van der Waals surface area contributed by atoms with E-state index in [0.717, 1.165) is 12.8 Å². The molecule has 0 saturated carbocycles. The number of carbonyl (C=O) groups is 1. The number of likely N-dealkylation sites (tertiary alicyclic amines) is 1. The summed E-state index contributed by atoms with van der Waals surface area (Å²) >= 11 is 5.94. The highest BCUT2D eigenvalue weighted by Gasteiger charge is 2.29. The Kier molecular flexibility index (Phi) is 4.01. The van der Waals surface area contributed by atoms with Crippen LogP contribution in [0.2, 0.25) is 5.02 Å². The van der Waals surface area contributed by atoms with Crippen molar-refractivity contribution < 1.29 is 9.72 Å². The number of nitro groups is 1. The second-order valence-electron chi connectivity index (χ2n) is 4.54. The molecule has 1 saturated heterocycles. The van der Waals surface area contributed by atoms with E-state index in [-0.39, 0.29) is 22.3 Å². The smallest absolute Gasteiger partial charge is 0.283 e. The van der Waals surface area contributed by atoms with Crippen LogP contribution < -0.4 is 5.73 Å². The van der Waals surface area contributed by atoms with Crippen molar-refractivity contribution in [3.63, 3.8) is 0 Å². The zero-order chi connectivity index (χ0) is 14.0. The van der Waals surface area contributed by atoms with Crippen molar-refractivity contribution in [3.05, 3.63) is 38.9 Å². The molecule has 1 aromatic carbocycles. The molecule has 0 aliphatic carbocycles. The molecule has 1 heterocycles. The molecule has 0 radical (unpaired) electrons. The van der Waals surface area contributed by atoms with Gasteiger partial charge in [0.05, 0.1) is 9.95 Å². The van der Waals surface area contributed by atoms with Crippen LogP contribution >= 0.6 is 11.6 Å². The minimum atomic E-state index is -0.594. The van der Waals surface area contributed by atoms with Crippen LogP contribution in [0.1, 0.15) is 23.2 Å². The summed E-state index contributed by atoms with van der Waals surface area (Å²) in [5.41, 5.74) is 5.50. The molecule has 0 spiro atoms. The number of halogens is 1. The van der Waals surface area contributed by atoms with E-state index in [4.69, 9.17) is 17.3 Å². The van der Waals surface area contributed by atoms with Gasteiger partial charge in [0.15, 0.2) is 0 Å². The van der Waals surface area contributed by atoms with E-state index in [1.807, 2.05) is 0 Å². The Morgan fingerprint density at radius 2 is 2.26 bits per heavy atom. The lowest BCUT2D eigenvalue weighted by molar-refractivity contribution is -0.385. The van der Waals surface area contributed by atoms with Crippen molar-refractivity contribution in [2.75, 3.05) is 13.1 Å². The maximum absolute atomic E-state index is 12.4. The predicted octanol–water partition coefficient (Wildman–Crippen LogP) is 1.81. The molecule has 6 nitrogen and oxygen atoms in total. The van der Waals surface area contributed by atoms with E-state index in [9.17, 15) is 14.9 Å². The molecule has 1 aromatic rings. The number of nitrogens with two attached hydrogens (primary N) is 1. The number of carbonyl (C=O) groups excluding carboxylic acids is 1. The van der Waals surface area contributed by atoms with Gasteiger partial charge in [-0.15, -0.1) is 0 Å². The second-order valence-corrected chi connectivity index (χ2v) is 4.95. The van der Waals surface area contributed by atoms with E-state index in [0.29, 0.717) is 13.1 Å². The summed E-state index contributed by atoms with van der Waals surface area (Å²) in [7, 11) is 0. The summed E-state index contributed by atoms with van der Waals surface area (Å²) in [6.45, 7) is 0.954. The van der Waals surface area contributed by atoms with Gasteiger partial charge in [-0.3, -0.25) is 14.9 Å². The van der Waals surface area contributed by atoms with Gasteiger partial charge in [-0.1, -0.05) is 17.7 Å². The van der Waals surface area contributed by atoms with E-state index < -0.39 is 10.8 Å². The average molecular weight is 284 g/mol. The normalized spacial score (nSPS) is 19.3. The van der Waals surface area contributed by atoms with Crippen molar-refractivity contribution >= 4 is 23.2 Å². The van der Waals surface area contributed by atoms with Gasteiger partial charge in [-0.2, -0.15) is 0 Å². The number of amides is 1. The maximum Gasteiger partial charge on any atom is 0.283 e. The van der Waals surface area contributed by atoms with Crippen LogP contribution in [0.4, 0.5) is 5.69 Å². The monoisotopic (exact) mass is 283 g/mol. The molecule has 1 amide bonds. The van der Waals surface area contributed by atoms with E-state index in [2.05, 4.69) is 0 Å². The molecular weight excluding hydrogens is 270 g/mol. The Labute approximate surface area is 115 Å². The van der Waals surface area contributed by atoms with Gasteiger partial charge in [-0.25, -0.2) is 0 Å². The number of benzene rings is 1. The molecule has 1 aliphatic heterocycles. The molecule has 1 aliphatic rings. The third kappa shape index (κ3) is 2.85. The molecule has 102 valence electrons. The largest absolute Gasteiger partial charge is 0.337 e. The minimum Gasteiger partial charge on any atom is -0.337 e. The second kappa shape index (κ2) is 5.54. The first-order valence-corrected chi connectivity index (χ1v) is 6.36. The van der Waals surface area contributed by atoms with Gasteiger partial charge in [0.25, 0.3) is 11.6 Å². The molecule has 0 bridgehead atoms. The quantitative estimate of drug-likeness (QED) is 0.662. The first kappa shape index (κ1) is 13.8. The van der Waals surface area contributed by atoms with Gasteiger partial charge in [0, 0.05) is 25.2 Å². The zero-order valence-corrected chi connectivity index (χ0v) is 11.0. The van der Waals surface area contributed by atoms with Gasteiger partial charge >= 0.3 is 0 Å².